The minimum Gasteiger partial charge on any atom is -0.357 e. The van der Waals surface area contributed by atoms with Crippen LogP contribution in [-0.2, 0) is 20.1 Å². The smallest absolute Gasteiger partial charge is 0.333 e. The Morgan fingerprint density at radius 3 is 2.79 bits per heavy atom. The van der Waals surface area contributed by atoms with Gasteiger partial charge in [-0.25, -0.2) is 9.67 Å². The van der Waals surface area contributed by atoms with Crippen molar-refractivity contribution in [3.8, 4) is 0 Å². The van der Waals surface area contributed by atoms with Crippen molar-refractivity contribution in [2.45, 2.75) is 26.9 Å². The molecule has 0 unspecified atom stereocenters. The summed E-state index contributed by atoms with van der Waals surface area (Å²) < 4.78 is 3.45. The van der Waals surface area contributed by atoms with Crippen LogP contribution < -0.4 is 5.32 Å². The van der Waals surface area contributed by atoms with Gasteiger partial charge in [-0.15, -0.1) is 0 Å². The molecule has 0 aliphatic heterocycles. The van der Waals surface area contributed by atoms with E-state index in [2.05, 4.69) is 15.4 Å². The molecule has 0 aromatic carbocycles. The Morgan fingerprint density at radius 2 is 2.26 bits per heavy atom. The van der Waals surface area contributed by atoms with Gasteiger partial charge in [0.25, 0.3) is 0 Å². The van der Waals surface area contributed by atoms with Crippen LogP contribution in [0.5, 0.6) is 0 Å². The minimum absolute atomic E-state index is 0.0241. The number of aryl methyl sites for hydroxylation is 3. The third-order valence-electron chi connectivity index (χ3n) is 2.91. The van der Waals surface area contributed by atoms with Crippen LogP contribution in [0.1, 0.15) is 18.4 Å². The lowest BCUT2D eigenvalue weighted by atomic mass is 10.4. The molecule has 2 rings (SSSR count). The van der Waals surface area contributed by atoms with Crippen molar-refractivity contribution in [3.63, 3.8) is 0 Å². The van der Waals surface area contributed by atoms with Crippen LogP contribution in [0.25, 0.3) is 0 Å². The van der Waals surface area contributed by atoms with Crippen LogP contribution >= 0.6 is 0 Å². The summed E-state index contributed by atoms with van der Waals surface area (Å²) in [6.07, 6.45) is 3.52. The summed E-state index contributed by atoms with van der Waals surface area (Å²) in [5, 5.41) is 18.3. The Kier molecular flexibility index (Phi) is 3.50. The Bertz CT molecular complexity index is 600. The van der Waals surface area contributed by atoms with E-state index in [1.165, 1.54) is 0 Å². The second kappa shape index (κ2) is 5.09. The molecular weight excluding hydrogens is 248 g/mol. The summed E-state index contributed by atoms with van der Waals surface area (Å²) in [6.45, 7) is 4.51. The second-order valence-electron chi connectivity index (χ2n) is 4.16. The zero-order valence-electron chi connectivity index (χ0n) is 11.1. The number of nitrogens with zero attached hydrogens (tertiary/aromatic N) is 5. The predicted molar refractivity (Wildman–Crippen MR) is 69.8 cm³/mol. The molecule has 0 amide bonds. The molecule has 0 aliphatic carbocycles. The number of nitro groups is 1. The van der Waals surface area contributed by atoms with Gasteiger partial charge in [-0.1, -0.05) is 0 Å². The molecule has 19 heavy (non-hydrogen) atoms. The van der Waals surface area contributed by atoms with E-state index in [0.717, 1.165) is 5.82 Å². The first-order valence-electron chi connectivity index (χ1n) is 5.96. The van der Waals surface area contributed by atoms with Crippen molar-refractivity contribution >= 4 is 11.5 Å². The van der Waals surface area contributed by atoms with Gasteiger partial charge in [-0.05, 0) is 13.8 Å². The van der Waals surface area contributed by atoms with E-state index in [-0.39, 0.29) is 5.69 Å². The molecule has 0 radical (unpaired) electrons. The van der Waals surface area contributed by atoms with E-state index in [4.69, 9.17) is 0 Å². The van der Waals surface area contributed by atoms with Crippen molar-refractivity contribution in [2.75, 3.05) is 5.32 Å². The lowest BCUT2D eigenvalue weighted by molar-refractivity contribution is -0.384. The fourth-order valence-electron chi connectivity index (χ4n) is 1.92. The van der Waals surface area contributed by atoms with E-state index in [0.29, 0.717) is 24.6 Å². The van der Waals surface area contributed by atoms with Crippen LogP contribution in [0.3, 0.4) is 0 Å². The van der Waals surface area contributed by atoms with Crippen LogP contribution in [0.2, 0.25) is 0 Å². The molecule has 0 aliphatic rings. The van der Waals surface area contributed by atoms with Crippen molar-refractivity contribution < 1.29 is 4.92 Å². The molecule has 1 N–H and O–H groups in total. The summed E-state index contributed by atoms with van der Waals surface area (Å²) >= 11 is 0. The molecule has 102 valence electrons. The monoisotopic (exact) mass is 264 g/mol. The van der Waals surface area contributed by atoms with Gasteiger partial charge in [0.2, 0.25) is 5.82 Å². The minimum atomic E-state index is -0.407. The summed E-state index contributed by atoms with van der Waals surface area (Å²) in [6, 6.07) is 0. The highest BCUT2D eigenvalue weighted by molar-refractivity contribution is 5.59. The summed E-state index contributed by atoms with van der Waals surface area (Å²) in [5.41, 5.74) is 0.435. The highest BCUT2D eigenvalue weighted by atomic mass is 16.6. The average molecular weight is 264 g/mol. The van der Waals surface area contributed by atoms with Gasteiger partial charge in [0, 0.05) is 26.0 Å². The zero-order chi connectivity index (χ0) is 14.0. The maximum absolute atomic E-state index is 11.1. The third kappa shape index (κ3) is 2.42. The molecule has 0 saturated heterocycles. The lowest BCUT2D eigenvalue weighted by Crippen LogP contribution is -2.11. The first kappa shape index (κ1) is 13.1. The highest BCUT2D eigenvalue weighted by Gasteiger charge is 2.24. The third-order valence-corrected chi connectivity index (χ3v) is 2.91. The Hall–Kier alpha value is -2.38. The average Bonchev–Trinajstić information content (AvgIpc) is 2.90. The summed E-state index contributed by atoms with van der Waals surface area (Å²) in [5.74, 6) is 1.23. The number of nitrogens with one attached hydrogen (secondary N) is 1. The number of imidazole rings is 1. The van der Waals surface area contributed by atoms with Crippen molar-refractivity contribution in [3.05, 3.63) is 34.0 Å². The largest absolute Gasteiger partial charge is 0.357 e. The SMILES string of the molecule is CCn1nc(C)c([N+](=O)[O-])c1NCc1nccn1C. The van der Waals surface area contributed by atoms with Gasteiger partial charge in [-0.3, -0.25) is 10.1 Å². The van der Waals surface area contributed by atoms with Crippen LogP contribution in [0, 0.1) is 17.0 Å². The quantitative estimate of drug-likeness (QED) is 0.652. The number of rotatable bonds is 5. The fourth-order valence-corrected chi connectivity index (χ4v) is 1.92. The van der Waals surface area contributed by atoms with Crippen LogP contribution in [-0.4, -0.2) is 24.3 Å². The molecule has 2 aromatic heterocycles. The fraction of sp³-hybridized carbons (Fsp3) is 0.455. The molecule has 0 saturated carbocycles. The molecular formula is C11H16N6O2. The molecule has 8 nitrogen and oxygen atoms in total. The zero-order valence-corrected chi connectivity index (χ0v) is 11.1. The molecule has 2 heterocycles. The molecule has 8 heteroatoms. The molecule has 0 atom stereocenters. The predicted octanol–water partition coefficient (Wildman–Crippen LogP) is 1.47. The van der Waals surface area contributed by atoms with Gasteiger partial charge in [0.15, 0.2) is 0 Å². The van der Waals surface area contributed by atoms with E-state index >= 15 is 0 Å². The van der Waals surface area contributed by atoms with Gasteiger partial charge >= 0.3 is 5.69 Å². The van der Waals surface area contributed by atoms with Gasteiger partial charge < -0.3 is 9.88 Å². The number of anilines is 1. The van der Waals surface area contributed by atoms with Gasteiger partial charge in [0.1, 0.15) is 11.5 Å². The maximum atomic E-state index is 11.1. The highest BCUT2D eigenvalue weighted by Crippen LogP contribution is 2.28. The lowest BCUT2D eigenvalue weighted by Gasteiger charge is -2.07. The van der Waals surface area contributed by atoms with Gasteiger partial charge in [-0.2, -0.15) is 5.10 Å². The van der Waals surface area contributed by atoms with Crippen LogP contribution in [0.4, 0.5) is 11.5 Å². The topological polar surface area (TPSA) is 90.8 Å². The van der Waals surface area contributed by atoms with E-state index in [9.17, 15) is 10.1 Å². The molecule has 0 bridgehead atoms. The molecule has 0 spiro atoms. The summed E-state index contributed by atoms with van der Waals surface area (Å²) in [4.78, 5) is 14.9. The Morgan fingerprint density at radius 1 is 1.53 bits per heavy atom. The normalized spacial score (nSPS) is 10.7. The molecule has 2 aromatic rings. The van der Waals surface area contributed by atoms with Crippen molar-refractivity contribution in [1.82, 2.24) is 19.3 Å². The second-order valence-corrected chi connectivity index (χ2v) is 4.16. The van der Waals surface area contributed by atoms with Crippen molar-refractivity contribution in [1.29, 1.82) is 0 Å². The molecule has 0 fully saturated rings. The number of aromatic nitrogens is 4. The summed E-state index contributed by atoms with van der Waals surface area (Å²) in [7, 11) is 1.88. The Balaban J connectivity index is 2.28. The first-order valence-corrected chi connectivity index (χ1v) is 5.96. The standard InChI is InChI=1S/C11H16N6O2/c1-4-16-11(10(17(18)19)8(2)14-16)13-7-9-12-5-6-15(9)3/h5-6,13H,4,7H2,1-3H3. The van der Waals surface area contributed by atoms with Crippen molar-refractivity contribution in [2.24, 2.45) is 7.05 Å². The van der Waals surface area contributed by atoms with Crippen LogP contribution in [0.15, 0.2) is 12.4 Å². The Labute approximate surface area is 110 Å². The maximum Gasteiger partial charge on any atom is 0.333 e. The van der Waals surface area contributed by atoms with Gasteiger partial charge in [0.05, 0.1) is 11.5 Å². The first-order chi connectivity index (χ1) is 9.04. The number of hydrogen-bond donors (Lipinski definition) is 1. The van der Waals surface area contributed by atoms with E-state index in [1.807, 2.05) is 24.7 Å². The number of hydrogen-bond acceptors (Lipinski definition) is 5. The van der Waals surface area contributed by atoms with E-state index < -0.39 is 4.92 Å². The van der Waals surface area contributed by atoms with E-state index in [1.54, 1.807) is 17.8 Å².